The van der Waals surface area contributed by atoms with Gasteiger partial charge >= 0.3 is 5.97 Å². The molecule has 0 bridgehead atoms. The first kappa shape index (κ1) is 16.0. The van der Waals surface area contributed by atoms with Crippen LogP contribution in [0, 0.1) is 0 Å². The van der Waals surface area contributed by atoms with Crippen molar-refractivity contribution < 1.29 is 23.1 Å². The van der Waals surface area contributed by atoms with Gasteiger partial charge in [0.05, 0.1) is 24.0 Å². The molecule has 2 heterocycles. The number of halogens is 1. The summed E-state index contributed by atoms with van der Waals surface area (Å²) in [6.45, 7) is 0.0158. The van der Waals surface area contributed by atoms with E-state index in [1.165, 1.54) is 4.90 Å². The lowest BCUT2D eigenvalue weighted by Crippen LogP contribution is -2.52. The van der Waals surface area contributed by atoms with E-state index >= 15 is 0 Å². The monoisotopic (exact) mass is 378 g/mol. The van der Waals surface area contributed by atoms with Crippen LogP contribution >= 0.6 is 15.9 Å². The summed E-state index contributed by atoms with van der Waals surface area (Å²) in [6.07, 6.45) is 1.33. The standard InChI is InChI=1S/C12H15BrN2O5S/c1-14-6-8(13)4-10(14)12(18)15-2-3-21(19,20)7-9(15)5-11(16)17/h4,6,9H,2-3,5,7H2,1H3,(H,16,17). The van der Waals surface area contributed by atoms with E-state index in [-0.39, 0.29) is 30.4 Å². The molecule has 0 radical (unpaired) electrons. The molecule has 0 aromatic carbocycles. The highest BCUT2D eigenvalue weighted by Crippen LogP contribution is 2.21. The fraction of sp³-hybridized carbons (Fsp3) is 0.500. The van der Waals surface area contributed by atoms with Crippen molar-refractivity contribution in [3.8, 4) is 0 Å². The van der Waals surface area contributed by atoms with Crippen molar-refractivity contribution in [2.75, 3.05) is 18.1 Å². The number of amides is 1. The summed E-state index contributed by atoms with van der Waals surface area (Å²) in [4.78, 5) is 24.8. The Balaban J connectivity index is 2.29. The van der Waals surface area contributed by atoms with E-state index in [0.29, 0.717) is 5.69 Å². The maximum atomic E-state index is 12.5. The van der Waals surface area contributed by atoms with Crippen molar-refractivity contribution in [3.05, 3.63) is 22.4 Å². The van der Waals surface area contributed by atoms with Gasteiger partial charge in [-0.15, -0.1) is 0 Å². The van der Waals surface area contributed by atoms with E-state index in [1.807, 2.05) is 0 Å². The molecule has 21 heavy (non-hydrogen) atoms. The second-order valence-electron chi connectivity index (χ2n) is 5.02. The summed E-state index contributed by atoms with van der Waals surface area (Å²) in [5.41, 5.74) is 0.386. The van der Waals surface area contributed by atoms with E-state index in [9.17, 15) is 18.0 Å². The number of carboxylic acid groups (broad SMARTS) is 1. The van der Waals surface area contributed by atoms with Crippen molar-refractivity contribution in [2.45, 2.75) is 12.5 Å². The molecule has 1 aromatic heterocycles. The molecule has 116 valence electrons. The number of rotatable bonds is 3. The summed E-state index contributed by atoms with van der Waals surface area (Å²) in [5, 5.41) is 8.92. The van der Waals surface area contributed by atoms with Crippen LogP contribution in [0.3, 0.4) is 0 Å². The number of carbonyl (C=O) groups excluding carboxylic acids is 1. The quantitative estimate of drug-likeness (QED) is 0.825. The predicted molar refractivity (Wildman–Crippen MR) is 78.8 cm³/mol. The van der Waals surface area contributed by atoms with Crippen molar-refractivity contribution in [1.29, 1.82) is 0 Å². The average molecular weight is 379 g/mol. The Bertz CT molecular complexity index is 682. The lowest BCUT2D eigenvalue weighted by Gasteiger charge is -2.34. The predicted octanol–water partition coefficient (Wildman–Crippen LogP) is 0.502. The van der Waals surface area contributed by atoms with Gasteiger partial charge in [-0.1, -0.05) is 0 Å². The van der Waals surface area contributed by atoms with Crippen LogP contribution in [0.2, 0.25) is 0 Å². The lowest BCUT2D eigenvalue weighted by molar-refractivity contribution is -0.138. The molecular formula is C12H15BrN2O5S. The van der Waals surface area contributed by atoms with Crippen LogP contribution in [-0.2, 0) is 21.7 Å². The topological polar surface area (TPSA) is 96.7 Å². The van der Waals surface area contributed by atoms with Gasteiger partial charge in [-0.25, -0.2) is 8.42 Å². The molecule has 1 fully saturated rings. The highest BCUT2D eigenvalue weighted by Gasteiger charge is 2.36. The van der Waals surface area contributed by atoms with E-state index in [0.717, 1.165) is 4.47 Å². The van der Waals surface area contributed by atoms with Gasteiger partial charge in [0.1, 0.15) is 5.69 Å². The molecule has 1 N–H and O–H groups in total. The number of aryl methyl sites for hydroxylation is 1. The van der Waals surface area contributed by atoms with Crippen molar-refractivity contribution >= 4 is 37.6 Å². The molecule has 0 saturated carbocycles. The van der Waals surface area contributed by atoms with Crippen molar-refractivity contribution in [2.24, 2.45) is 7.05 Å². The minimum absolute atomic E-state index is 0.0158. The van der Waals surface area contributed by atoms with Gasteiger partial charge in [0.2, 0.25) is 0 Å². The summed E-state index contributed by atoms with van der Waals surface area (Å²) < 4.78 is 25.7. The van der Waals surface area contributed by atoms with Gasteiger partial charge in [0.25, 0.3) is 5.91 Å². The molecule has 1 aliphatic rings. The van der Waals surface area contributed by atoms with Crippen LogP contribution in [0.25, 0.3) is 0 Å². The first-order valence-electron chi connectivity index (χ1n) is 6.24. The number of carboxylic acids is 1. The Morgan fingerprint density at radius 1 is 1.48 bits per heavy atom. The van der Waals surface area contributed by atoms with Crippen LogP contribution in [0.5, 0.6) is 0 Å². The zero-order valence-corrected chi connectivity index (χ0v) is 13.7. The largest absolute Gasteiger partial charge is 0.481 e. The lowest BCUT2D eigenvalue weighted by atomic mass is 10.2. The second-order valence-corrected chi connectivity index (χ2v) is 8.16. The molecule has 1 amide bonds. The Labute approximate surface area is 130 Å². The molecule has 9 heteroatoms. The number of carbonyl (C=O) groups is 2. The molecule has 1 saturated heterocycles. The summed E-state index contributed by atoms with van der Waals surface area (Å²) in [7, 11) is -1.61. The number of hydrogen-bond donors (Lipinski definition) is 1. The number of aromatic nitrogens is 1. The Kier molecular flexibility index (Phi) is 4.43. The molecule has 0 aliphatic carbocycles. The van der Waals surface area contributed by atoms with Crippen LogP contribution < -0.4 is 0 Å². The molecule has 1 aromatic rings. The fourth-order valence-corrected chi connectivity index (χ4v) is 4.46. The maximum absolute atomic E-state index is 12.5. The van der Waals surface area contributed by atoms with Crippen LogP contribution in [-0.4, -0.2) is 59.0 Å². The van der Waals surface area contributed by atoms with Gasteiger partial charge < -0.3 is 14.6 Å². The zero-order valence-electron chi connectivity index (χ0n) is 11.3. The number of nitrogens with zero attached hydrogens (tertiary/aromatic N) is 2. The van der Waals surface area contributed by atoms with Crippen molar-refractivity contribution in [1.82, 2.24) is 9.47 Å². The normalized spacial score (nSPS) is 21.2. The van der Waals surface area contributed by atoms with E-state index in [2.05, 4.69) is 15.9 Å². The third-order valence-electron chi connectivity index (χ3n) is 3.39. The molecule has 1 unspecified atom stereocenters. The minimum atomic E-state index is -3.30. The Morgan fingerprint density at radius 2 is 2.14 bits per heavy atom. The molecular weight excluding hydrogens is 364 g/mol. The third-order valence-corrected chi connectivity index (χ3v) is 5.52. The molecule has 1 aliphatic heterocycles. The first-order valence-corrected chi connectivity index (χ1v) is 8.86. The second kappa shape index (κ2) is 5.80. The highest BCUT2D eigenvalue weighted by atomic mass is 79.9. The smallest absolute Gasteiger partial charge is 0.305 e. The van der Waals surface area contributed by atoms with Crippen LogP contribution in [0.4, 0.5) is 0 Å². The summed E-state index contributed by atoms with van der Waals surface area (Å²) >= 11 is 3.27. The van der Waals surface area contributed by atoms with Gasteiger partial charge in [-0.05, 0) is 22.0 Å². The highest BCUT2D eigenvalue weighted by molar-refractivity contribution is 9.10. The van der Waals surface area contributed by atoms with Gasteiger partial charge in [-0.2, -0.15) is 0 Å². The Morgan fingerprint density at radius 3 is 2.67 bits per heavy atom. The minimum Gasteiger partial charge on any atom is -0.481 e. The fourth-order valence-electron chi connectivity index (χ4n) is 2.41. The van der Waals surface area contributed by atoms with E-state index in [4.69, 9.17) is 5.11 Å². The van der Waals surface area contributed by atoms with E-state index < -0.39 is 21.8 Å². The molecule has 7 nitrogen and oxygen atoms in total. The molecule has 1 atom stereocenters. The Hall–Kier alpha value is -1.35. The maximum Gasteiger partial charge on any atom is 0.305 e. The van der Waals surface area contributed by atoms with Gasteiger partial charge in [0.15, 0.2) is 9.84 Å². The molecule has 2 rings (SSSR count). The molecule has 0 spiro atoms. The van der Waals surface area contributed by atoms with Crippen molar-refractivity contribution in [3.63, 3.8) is 0 Å². The average Bonchev–Trinajstić information content (AvgIpc) is 2.66. The number of aliphatic carboxylic acids is 1. The van der Waals surface area contributed by atoms with Gasteiger partial charge in [-0.3, -0.25) is 9.59 Å². The summed E-state index contributed by atoms with van der Waals surface area (Å²) in [6, 6.07) is 0.797. The van der Waals surface area contributed by atoms with Crippen LogP contribution in [0.1, 0.15) is 16.9 Å². The zero-order chi connectivity index (χ0) is 15.8. The van der Waals surface area contributed by atoms with Gasteiger partial charge in [0, 0.05) is 24.3 Å². The number of sulfone groups is 1. The van der Waals surface area contributed by atoms with Crippen LogP contribution in [0.15, 0.2) is 16.7 Å². The SMILES string of the molecule is Cn1cc(Br)cc1C(=O)N1CCS(=O)(=O)CC1CC(=O)O. The third kappa shape index (κ3) is 3.65. The van der Waals surface area contributed by atoms with E-state index in [1.54, 1.807) is 23.9 Å². The number of hydrogen-bond acceptors (Lipinski definition) is 4. The summed E-state index contributed by atoms with van der Waals surface area (Å²) in [5.74, 6) is -1.93. The first-order chi connectivity index (χ1) is 9.69.